The fourth-order valence-electron chi connectivity index (χ4n) is 1.48. The lowest BCUT2D eigenvalue weighted by Gasteiger charge is -2.15. The average molecular weight is 239 g/mol. The largest absolute Gasteiger partial charge is 0.493 e. The molecular formula is C12H17NO4. The van der Waals surface area contributed by atoms with Gasteiger partial charge in [0, 0.05) is 6.54 Å². The van der Waals surface area contributed by atoms with Crippen LogP contribution in [0.25, 0.3) is 0 Å². The molecule has 17 heavy (non-hydrogen) atoms. The SMILES string of the molecule is CCCNc1cc(C(=O)O)cc(OC)c1OC. The van der Waals surface area contributed by atoms with E-state index in [2.05, 4.69) is 5.32 Å². The lowest BCUT2D eigenvalue weighted by atomic mass is 10.1. The summed E-state index contributed by atoms with van der Waals surface area (Å²) in [7, 11) is 3.00. The first kappa shape index (κ1) is 13.2. The number of hydrogen-bond acceptors (Lipinski definition) is 4. The number of carboxylic acids is 1. The van der Waals surface area contributed by atoms with E-state index >= 15 is 0 Å². The molecule has 0 saturated heterocycles. The molecular weight excluding hydrogens is 222 g/mol. The summed E-state index contributed by atoms with van der Waals surface area (Å²) >= 11 is 0. The van der Waals surface area contributed by atoms with Crippen LogP contribution in [-0.2, 0) is 0 Å². The van der Waals surface area contributed by atoms with Gasteiger partial charge in [0.05, 0.1) is 25.5 Å². The molecule has 0 spiro atoms. The van der Waals surface area contributed by atoms with Gasteiger partial charge in [-0.1, -0.05) is 6.92 Å². The van der Waals surface area contributed by atoms with Crippen molar-refractivity contribution in [2.24, 2.45) is 0 Å². The summed E-state index contributed by atoms with van der Waals surface area (Å²) < 4.78 is 10.3. The zero-order valence-corrected chi connectivity index (χ0v) is 10.2. The van der Waals surface area contributed by atoms with Crippen molar-refractivity contribution in [3.05, 3.63) is 17.7 Å². The number of aromatic carboxylic acids is 1. The van der Waals surface area contributed by atoms with Crippen LogP contribution in [0.4, 0.5) is 5.69 Å². The smallest absolute Gasteiger partial charge is 0.335 e. The summed E-state index contributed by atoms with van der Waals surface area (Å²) in [5.41, 5.74) is 0.798. The standard InChI is InChI=1S/C12H17NO4/c1-4-5-13-9-6-8(12(14)15)7-10(16-2)11(9)17-3/h6-7,13H,4-5H2,1-3H3,(H,14,15). The highest BCUT2D eigenvalue weighted by Gasteiger charge is 2.15. The molecule has 0 bridgehead atoms. The Bertz CT molecular complexity index is 404. The lowest BCUT2D eigenvalue weighted by Crippen LogP contribution is -2.06. The molecule has 5 nitrogen and oxygen atoms in total. The first-order valence-corrected chi connectivity index (χ1v) is 5.37. The van der Waals surface area contributed by atoms with Gasteiger partial charge in [-0.05, 0) is 18.6 Å². The molecule has 0 unspecified atom stereocenters. The predicted octanol–water partition coefficient (Wildman–Crippen LogP) is 2.22. The van der Waals surface area contributed by atoms with Crippen molar-refractivity contribution in [3.8, 4) is 11.5 Å². The number of methoxy groups -OCH3 is 2. The normalized spacial score (nSPS) is 9.82. The summed E-state index contributed by atoms with van der Waals surface area (Å²) in [6, 6.07) is 2.98. The van der Waals surface area contributed by atoms with E-state index in [-0.39, 0.29) is 5.56 Å². The van der Waals surface area contributed by atoms with Gasteiger partial charge in [-0.25, -0.2) is 4.79 Å². The third-order valence-electron chi connectivity index (χ3n) is 2.29. The third-order valence-corrected chi connectivity index (χ3v) is 2.29. The van der Waals surface area contributed by atoms with Gasteiger partial charge >= 0.3 is 5.97 Å². The van der Waals surface area contributed by atoms with Crippen LogP contribution in [0, 0.1) is 0 Å². The molecule has 2 N–H and O–H groups in total. The number of carbonyl (C=O) groups is 1. The molecule has 94 valence electrons. The quantitative estimate of drug-likeness (QED) is 0.796. The number of nitrogens with one attached hydrogen (secondary N) is 1. The van der Waals surface area contributed by atoms with E-state index in [1.807, 2.05) is 6.92 Å². The van der Waals surface area contributed by atoms with Crippen molar-refractivity contribution < 1.29 is 19.4 Å². The van der Waals surface area contributed by atoms with E-state index in [0.29, 0.717) is 17.2 Å². The van der Waals surface area contributed by atoms with Crippen LogP contribution in [0.3, 0.4) is 0 Å². The van der Waals surface area contributed by atoms with Gasteiger partial charge in [0.1, 0.15) is 0 Å². The van der Waals surface area contributed by atoms with E-state index in [9.17, 15) is 4.79 Å². The number of benzene rings is 1. The van der Waals surface area contributed by atoms with Crippen LogP contribution < -0.4 is 14.8 Å². The number of hydrogen-bond donors (Lipinski definition) is 2. The second-order valence-electron chi connectivity index (χ2n) is 3.49. The van der Waals surface area contributed by atoms with Crippen molar-refractivity contribution >= 4 is 11.7 Å². The highest BCUT2D eigenvalue weighted by molar-refractivity contribution is 5.90. The highest BCUT2D eigenvalue weighted by Crippen LogP contribution is 2.36. The van der Waals surface area contributed by atoms with E-state index in [4.69, 9.17) is 14.6 Å². The number of carboxylic acid groups (broad SMARTS) is 1. The van der Waals surface area contributed by atoms with Crippen molar-refractivity contribution in [1.82, 2.24) is 0 Å². The van der Waals surface area contributed by atoms with E-state index in [0.717, 1.165) is 13.0 Å². The molecule has 0 saturated carbocycles. The van der Waals surface area contributed by atoms with Crippen LogP contribution in [0.5, 0.6) is 11.5 Å². The maximum Gasteiger partial charge on any atom is 0.335 e. The Morgan fingerprint density at radius 3 is 2.53 bits per heavy atom. The Morgan fingerprint density at radius 1 is 1.35 bits per heavy atom. The minimum absolute atomic E-state index is 0.168. The van der Waals surface area contributed by atoms with E-state index in [1.54, 1.807) is 6.07 Å². The minimum Gasteiger partial charge on any atom is -0.493 e. The van der Waals surface area contributed by atoms with Crippen molar-refractivity contribution in [2.75, 3.05) is 26.1 Å². The molecule has 5 heteroatoms. The minimum atomic E-state index is -0.995. The van der Waals surface area contributed by atoms with Crippen molar-refractivity contribution in [3.63, 3.8) is 0 Å². The van der Waals surface area contributed by atoms with Gasteiger partial charge in [-0.2, -0.15) is 0 Å². The summed E-state index contributed by atoms with van der Waals surface area (Å²) in [6.45, 7) is 2.76. The molecule has 0 aliphatic rings. The highest BCUT2D eigenvalue weighted by atomic mass is 16.5. The Hall–Kier alpha value is -1.91. The molecule has 1 aromatic rings. The van der Waals surface area contributed by atoms with Gasteiger partial charge in [0.25, 0.3) is 0 Å². The van der Waals surface area contributed by atoms with Crippen molar-refractivity contribution in [2.45, 2.75) is 13.3 Å². The Kier molecular flexibility index (Phi) is 4.63. The number of rotatable bonds is 6. The number of anilines is 1. The second-order valence-corrected chi connectivity index (χ2v) is 3.49. The Balaban J connectivity index is 3.21. The summed E-state index contributed by atoms with van der Waals surface area (Å²) in [5, 5.41) is 12.1. The van der Waals surface area contributed by atoms with Gasteiger partial charge in [0.15, 0.2) is 11.5 Å². The van der Waals surface area contributed by atoms with Gasteiger partial charge in [0.2, 0.25) is 0 Å². The van der Waals surface area contributed by atoms with Gasteiger partial charge in [-0.3, -0.25) is 0 Å². The number of ether oxygens (including phenoxy) is 2. The summed E-state index contributed by atoms with van der Waals surface area (Å²) in [6.07, 6.45) is 0.933. The molecule has 1 aromatic carbocycles. The van der Waals surface area contributed by atoms with Gasteiger partial charge < -0.3 is 19.9 Å². The van der Waals surface area contributed by atoms with Crippen LogP contribution in [0.1, 0.15) is 23.7 Å². The van der Waals surface area contributed by atoms with Crippen LogP contribution in [0.2, 0.25) is 0 Å². The Morgan fingerprint density at radius 2 is 2.06 bits per heavy atom. The maximum absolute atomic E-state index is 11.0. The van der Waals surface area contributed by atoms with Crippen LogP contribution in [0.15, 0.2) is 12.1 Å². The molecule has 0 aliphatic heterocycles. The fraction of sp³-hybridized carbons (Fsp3) is 0.417. The molecule has 0 fully saturated rings. The second kappa shape index (κ2) is 5.98. The third kappa shape index (κ3) is 3.03. The first-order valence-electron chi connectivity index (χ1n) is 5.37. The molecule has 1 rings (SSSR count). The summed E-state index contributed by atoms with van der Waals surface area (Å²) in [4.78, 5) is 11.0. The van der Waals surface area contributed by atoms with Crippen molar-refractivity contribution in [1.29, 1.82) is 0 Å². The zero-order valence-electron chi connectivity index (χ0n) is 10.2. The maximum atomic E-state index is 11.0. The predicted molar refractivity (Wildman–Crippen MR) is 65.3 cm³/mol. The van der Waals surface area contributed by atoms with E-state index in [1.165, 1.54) is 20.3 Å². The first-order chi connectivity index (χ1) is 8.13. The molecule has 0 radical (unpaired) electrons. The molecule has 0 aliphatic carbocycles. The zero-order chi connectivity index (χ0) is 12.8. The van der Waals surface area contributed by atoms with Crippen LogP contribution >= 0.6 is 0 Å². The summed E-state index contributed by atoms with van der Waals surface area (Å²) in [5.74, 6) is -0.0672. The lowest BCUT2D eigenvalue weighted by molar-refractivity contribution is 0.0696. The van der Waals surface area contributed by atoms with Gasteiger partial charge in [-0.15, -0.1) is 0 Å². The van der Waals surface area contributed by atoms with E-state index < -0.39 is 5.97 Å². The fourth-order valence-corrected chi connectivity index (χ4v) is 1.48. The molecule has 0 aromatic heterocycles. The molecule has 0 atom stereocenters. The Labute approximate surface area is 100 Å². The average Bonchev–Trinajstić information content (AvgIpc) is 2.34. The topological polar surface area (TPSA) is 67.8 Å². The van der Waals surface area contributed by atoms with Crippen LogP contribution in [-0.4, -0.2) is 31.8 Å². The monoisotopic (exact) mass is 239 g/mol. The molecule has 0 amide bonds. The molecule has 0 heterocycles.